The van der Waals surface area contributed by atoms with Gasteiger partial charge in [0.25, 0.3) is 0 Å². The lowest BCUT2D eigenvalue weighted by Crippen LogP contribution is -2.35. The third-order valence-electron chi connectivity index (χ3n) is 4.85. The van der Waals surface area contributed by atoms with E-state index in [1.807, 2.05) is 60.5 Å². The van der Waals surface area contributed by atoms with E-state index in [0.717, 1.165) is 42.1 Å². The second-order valence-corrected chi connectivity index (χ2v) is 6.76. The number of carbonyl (C=O) groups is 1. The summed E-state index contributed by atoms with van der Waals surface area (Å²) in [4.78, 5) is 14.6. The summed E-state index contributed by atoms with van der Waals surface area (Å²) >= 11 is 0. The van der Waals surface area contributed by atoms with E-state index in [4.69, 9.17) is 14.2 Å². The highest BCUT2D eigenvalue weighted by molar-refractivity contribution is 5.79. The number of para-hydroxylation sites is 3. The van der Waals surface area contributed by atoms with Crippen molar-refractivity contribution in [3.63, 3.8) is 0 Å². The van der Waals surface area contributed by atoms with Crippen molar-refractivity contribution in [3.8, 4) is 17.2 Å². The van der Waals surface area contributed by atoms with Crippen LogP contribution in [0.3, 0.4) is 0 Å². The molecule has 2 aromatic rings. The van der Waals surface area contributed by atoms with Gasteiger partial charge < -0.3 is 19.1 Å². The molecule has 1 amide bonds. The first-order valence-electron chi connectivity index (χ1n) is 9.40. The van der Waals surface area contributed by atoms with E-state index in [9.17, 15) is 4.79 Å². The van der Waals surface area contributed by atoms with Gasteiger partial charge in [-0.1, -0.05) is 30.3 Å². The van der Waals surface area contributed by atoms with E-state index in [1.54, 1.807) is 7.11 Å². The maximum atomic E-state index is 12.8. The van der Waals surface area contributed by atoms with Crippen LogP contribution < -0.4 is 14.2 Å². The van der Waals surface area contributed by atoms with Gasteiger partial charge in [0.2, 0.25) is 5.91 Å². The van der Waals surface area contributed by atoms with Crippen molar-refractivity contribution in [1.82, 2.24) is 4.90 Å². The molecule has 1 heterocycles. The van der Waals surface area contributed by atoms with Gasteiger partial charge in [0.1, 0.15) is 5.75 Å². The smallest absolute Gasteiger partial charge is 0.225 e. The first kappa shape index (κ1) is 19.1. The van der Waals surface area contributed by atoms with Gasteiger partial charge in [-0.25, -0.2) is 0 Å². The fourth-order valence-corrected chi connectivity index (χ4v) is 3.35. The largest absolute Gasteiger partial charge is 0.493 e. The van der Waals surface area contributed by atoms with Gasteiger partial charge in [0.05, 0.1) is 20.3 Å². The Hall–Kier alpha value is -2.69. The van der Waals surface area contributed by atoms with Gasteiger partial charge in [-0.05, 0) is 43.0 Å². The zero-order valence-electron chi connectivity index (χ0n) is 16.0. The number of methoxy groups -OCH3 is 1. The number of fused-ring (bicyclic) bond motifs is 1. The predicted octanol–water partition coefficient (Wildman–Crippen LogP) is 3.56. The fraction of sp³-hybridized carbons (Fsp3) is 0.409. The highest BCUT2D eigenvalue weighted by Crippen LogP contribution is 2.28. The van der Waals surface area contributed by atoms with Crippen molar-refractivity contribution < 1.29 is 19.0 Å². The molecule has 3 rings (SSSR count). The number of hydrogen-bond acceptors (Lipinski definition) is 4. The molecule has 5 nitrogen and oxygen atoms in total. The standard InChI is InChI=1S/C22H27NO4/c1-23(13-7-14-26-21-11-6-5-10-20(21)25-2)22(24)18-12-15-27-19-9-4-3-8-17(19)16-18/h3-6,8-11,18H,7,12-16H2,1-2H3. The molecular weight excluding hydrogens is 342 g/mol. The lowest BCUT2D eigenvalue weighted by Gasteiger charge is -2.22. The van der Waals surface area contributed by atoms with Crippen LogP contribution in [-0.2, 0) is 11.2 Å². The predicted molar refractivity (Wildman–Crippen MR) is 104 cm³/mol. The average molecular weight is 369 g/mol. The van der Waals surface area contributed by atoms with E-state index in [-0.39, 0.29) is 11.8 Å². The molecule has 0 aromatic heterocycles. The van der Waals surface area contributed by atoms with Crippen molar-refractivity contribution in [2.24, 2.45) is 5.92 Å². The minimum absolute atomic E-state index is 0.0335. The third-order valence-corrected chi connectivity index (χ3v) is 4.85. The summed E-state index contributed by atoms with van der Waals surface area (Å²) < 4.78 is 16.8. The monoisotopic (exact) mass is 369 g/mol. The highest BCUT2D eigenvalue weighted by atomic mass is 16.5. The lowest BCUT2D eigenvalue weighted by molar-refractivity contribution is -0.134. The SMILES string of the molecule is COc1ccccc1OCCCN(C)C(=O)C1CCOc2ccccc2C1. The summed E-state index contributed by atoms with van der Waals surface area (Å²) in [6.07, 6.45) is 2.24. The number of benzene rings is 2. The Morgan fingerprint density at radius 3 is 2.70 bits per heavy atom. The van der Waals surface area contributed by atoms with Crippen LogP contribution >= 0.6 is 0 Å². The molecule has 2 aromatic carbocycles. The van der Waals surface area contributed by atoms with Gasteiger partial charge in [-0.3, -0.25) is 4.79 Å². The normalized spacial score (nSPS) is 15.9. The molecule has 0 spiro atoms. The maximum absolute atomic E-state index is 12.8. The molecule has 0 N–H and O–H groups in total. The van der Waals surface area contributed by atoms with Crippen molar-refractivity contribution in [2.45, 2.75) is 19.3 Å². The van der Waals surface area contributed by atoms with E-state index in [2.05, 4.69) is 0 Å². The summed E-state index contributed by atoms with van der Waals surface area (Å²) in [5, 5.41) is 0. The minimum atomic E-state index is -0.0335. The molecule has 0 fully saturated rings. The Morgan fingerprint density at radius 2 is 1.89 bits per heavy atom. The number of nitrogens with zero attached hydrogens (tertiary/aromatic N) is 1. The van der Waals surface area contributed by atoms with Crippen molar-refractivity contribution in [2.75, 3.05) is 33.9 Å². The van der Waals surface area contributed by atoms with Gasteiger partial charge in [0, 0.05) is 19.5 Å². The second-order valence-electron chi connectivity index (χ2n) is 6.76. The molecule has 1 aliphatic heterocycles. The van der Waals surface area contributed by atoms with Crippen LogP contribution in [-0.4, -0.2) is 44.7 Å². The Labute approximate surface area is 160 Å². The summed E-state index contributed by atoms with van der Waals surface area (Å²) in [6, 6.07) is 15.6. The molecule has 1 unspecified atom stereocenters. The van der Waals surface area contributed by atoms with Crippen molar-refractivity contribution >= 4 is 5.91 Å². The second kappa shape index (κ2) is 9.31. The molecule has 0 aliphatic carbocycles. The molecule has 0 bridgehead atoms. The summed E-state index contributed by atoms with van der Waals surface area (Å²) in [6.45, 7) is 1.78. The third kappa shape index (κ3) is 4.94. The van der Waals surface area contributed by atoms with E-state index in [1.165, 1.54) is 0 Å². The number of ether oxygens (including phenoxy) is 3. The maximum Gasteiger partial charge on any atom is 0.225 e. The van der Waals surface area contributed by atoms with Crippen LogP contribution in [0.5, 0.6) is 17.2 Å². The zero-order valence-corrected chi connectivity index (χ0v) is 16.0. The Bertz CT molecular complexity index is 761. The topological polar surface area (TPSA) is 48.0 Å². The first-order chi connectivity index (χ1) is 13.2. The minimum Gasteiger partial charge on any atom is -0.493 e. The van der Waals surface area contributed by atoms with Crippen molar-refractivity contribution in [3.05, 3.63) is 54.1 Å². The zero-order chi connectivity index (χ0) is 19.1. The van der Waals surface area contributed by atoms with E-state index in [0.29, 0.717) is 19.8 Å². The van der Waals surface area contributed by atoms with Crippen LogP contribution in [0.15, 0.2) is 48.5 Å². The molecule has 1 atom stereocenters. The summed E-state index contributed by atoms with van der Waals surface area (Å²) in [5.41, 5.74) is 1.11. The van der Waals surface area contributed by atoms with Crippen LogP contribution in [0.1, 0.15) is 18.4 Å². The summed E-state index contributed by atoms with van der Waals surface area (Å²) in [7, 11) is 3.49. The van der Waals surface area contributed by atoms with Crippen molar-refractivity contribution in [1.29, 1.82) is 0 Å². The van der Waals surface area contributed by atoms with Crippen LogP contribution in [0.2, 0.25) is 0 Å². The molecule has 0 radical (unpaired) electrons. The van der Waals surface area contributed by atoms with Gasteiger partial charge in [-0.15, -0.1) is 0 Å². The number of amides is 1. The molecule has 0 saturated heterocycles. The number of rotatable bonds is 7. The van der Waals surface area contributed by atoms with Gasteiger partial charge >= 0.3 is 0 Å². The van der Waals surface area contributed by atoms with E-state index >= 15 is 0 Å². The summed E-state index contributed by atoms with van der Waals surface area (Å²) in [5.74, 6) is 2.49. The van der Waals surface area contributed by atoms with Crippen LogP contribution in [0.25, 0.3) is 0 Å². The Balaban J connectivity index is 1.48. The average Bonchev–Trinajstić information content (AvgIpc) is 2.93. The molecular formula is C22H27NO4. The molecule has 27 heavy (non-hydrogen) atoms. The quantitative estimate of drug-likeness (QED) is 0.700. The molecule has 5 heteroatoms. The number of carbonyl (C=O) groups excluding carboxylic acids is 1. The highest BCUT2D eigenvalue weighted by Gasteiger charge is 2.25. The molecule has 0 saturated carbocycles. The first-order valence-corrected chi connectivity index (χ1v) is 9.40. The lowest BCUT2D eigenvalue weighted by atomic mass is 9.95. The fourth-order valence-electron chi connectivity index (χ4n) is 3.35. The van der Waals surface area contributed by atoms with E-state index < -0.39 is 0 Å². The van der Waals surface area contributed by atoms with Crippen LogP contribution in [0.4, 0.5) is 0 Å². The Morgan fingerprint density at radius 1 is 1.15 bits per heavy atom. The molecule has 144 valence electrons. The molecule has 1 aliphatic rings. The van der Waals surface area contributed by atoms with Crippen LogP contribution in [0, 0.1) is 5.92 Å². The van der Waals surface area contributed by atoms with Gasteiger partial charge in [-0.2, -0.15) is 0 Å². The Kier molecular flexibility index (Phi) is 6.58. The van der Waals surface area contributed by atoms with Gasteiger partial charge in [0.15, 0.2) is 11.5 Å². The number of hydrogen-bond donors (Lipinski definition) is 0.